The molecule has 0 amide bonds. The summed E-state index contributed by atoms with van der Waals surface area (Å²) in [6.45, 7) is 0.596. The molecule has 1 heterocycles. The Hall–Kier alpha value is -1.78. The van der Waals surface area contributed by atoms with Crippen LogP contribution >= 0.6 is 27.5 Å². The predicted octanol–water partition coefficient (Wildman–Crippen LogP) is 4.80. The molecule has 3 nitrogen and oxygen atoms in total. The molecule has 3 rings (SSSR count). The maximum absolute atomic E-state index is 11.2. The van der Waals surface area contributed by atoms with Crippen LogP contribution in [-0.2, 0) is 6.54 Å². The zero-order valence-electron chi connectivity index (χ0n) is 10.9. The van der Waals surface area contributed by atoms with Crippen LogP contribution in [0, 0.1) is 0 Å². The van der Waals surface area contributed by atoms with E-state index >= 15 is 0 Å². The first-order chi connectivity index (χ1) is 10.1. The van der Waals surface area contributed by atoms with E-state index < -0.39 is 5.97 Å². The summed E-state index contributed by atoms with van der Waals surface area (Å²) in [4.78, 5) is 11.2. The van der Waals surface area contributed by atoms with E-state index in [-0.39, 0.29) is 0 Å². The summed E-state index contributed by atoms with van der Waals surface area (Å²) in [6, 6.07) is 12.9. The number of hydrogen-bond donors (Lipinski definition) is 1. The number of hydrogen-bond acceptors (Lipinski definition) is 1. The summed E-state index contributed by atoms with van der Waals surface area (Å²) in [5.41, 5.74) is 2.18. The van der Waals surface area contributed by atoms with Gasteiger partial charge < -0.3 is 9.67 Å². The molecule has 0 bridgehead atoms. The van der Waals surface area contributed by atoms with Gasteiger partial charge in [-0.3, -0.25) is 0 Å². The minimum absolute atomic E-state index is 0.313. The second-order valence-electron chi connectivity index (χ2n) is 4.72. The molecule has 0 atom stereocenters. The quantitative estimate of drug-likeness (QED) is 0.725. The number of aromatic carboxylic acids is 1. The van der Waals surface area contributed by atoms with E-state index in [9.17, 15) is 9.90 Å². The molecule has 3 aromatic rings. The van der Waals surface area contributed by atoms with Crippen LogP contribution in [0.4, 0.5) is 0 Å². The molecule has 0 saturated heterocycles. The molecule has 1 N–H and O–H groups in total. The van der Waals surface area contributed by atoms with E-state index in [1.807, 2.05) is 41.1 Å². The van der Waals surface area contributed by atoms with Gasteiger partial charge in [-0.15, -0.1) is 0 Å². The molecular formula is C16H11BrClNO2. The predicted molar refractivity (Wildman–Crippen MR) is 87.2 cm³/mol. The first-order valence-electron chi connectivity index (χ1n) is 6.31. The first kappa shape index (κ1) is 14.2. The molecule has 106 valence electrons. The molecule has 0 spiro atoms. The van der Waals surface area contributed by atoms with Crippen LogP contribution in [0.2, 0.25) is 5.02 Å². The Labute approximate surface area is 134 Å². The largest absolute Gasteiger partial charge is 0.478 e. The summed E-state index contributed by atoms with van der Waals surface area (Å²) in [6.07, 6.45) is 1.88. The third-order valence-electron chi connectivity index (χ3n) is 3.40. The maximum atomic E-state index is 11.2. The second kappa shape index (κ2) is 5.54. The molecule has 0 aliphatic rings. The topological polar surface area (TPSA) is 42.2 Å². The average molecular weight is 365 g/mol. The lowest BCUT2D eigenvalue weighted by atomic mass is 10.1. The van der Waals surface area contributed by atoms with E-state index in [0.717, 1.165) is 20.9 Å². The van der Waals surface area contributed by atoms with E-state index in [1.165, 1.54) is 0 Å². The molecule has 0 radical (unpaired) electrons. The van der Waals surface area contributed by atoms with Gasteiger partial charge in [-0.05, 0) is 35.9 Å². The highest BCUT2D eigenvalue weighted by Crippen LogP contribution is 2.25. The lowest BCUT2D eigenvalue weighted by molar-refractivity contribution is 0.0699. The van der Waals surface area contributed by atoms with Crippen molar-refractivity contribution in [2.24, 2.45) is 0 Å². The fraction of sp³-hybridized carbons (Fsp3) is 0.0625. The zero-order chi connectivity index (χ0) is 15.0. The monoisotopic (exact) mass is 363 g/mol. The Morgan fingerprint density at radius 1 is 1.24 bits per heavy atom. The van der Waals surface area contributed by atoms with Crippen molar-refractivity contribution in [1.29, 1.82) is 0 Å². The number of benzene rings is 2. The molecule has 0 aliphatic carbocycles. The van der Waals surface area contributed by atoms with E-state index in [2.05, 4.69) is 15.9 Å². The Morgan fingerprint density at radius 3 is 2.76 bits per heavy atom. The lowest BCUT2D eigenvalue weighted by Gasteiger charge is -2.08. The number of nitrogens with zero attached hydrogens (tertiary/aromatic N) is 1. The minimum atomic E-state index is -0.917. The van der Waals surface area contributed by atoms with Crippen LogP contribution in [0.5, 0.6) is 0 Å². The van der Waals surface area contributed by atoms with Gasteiger partial charge in [0.1, 0.15) is 0 Å². The van der Waals surface area contributed by atoms with Crippen LogP contribution in [0.25, 0.3) is 10.9 Å². The van der Waals surface area contributed by atoms with Crippen molar-refractivity contribution in [3.05, 3.63) is 69.3 Å². The molecule has 0 fully saturated rings. The Bertz CT molecular complexity index is 841. The van der Waals surface area contributed by atoms with Crippen molar-refractivity contribution in [2.45, 2.75) is 6.54 Å². The lowest BCUT2D eigenvalue weighted by Crippen LogP contribution is -2.00. The van der Waals surface area contributed by atoms with Crippen molar-refractivity contribution in [3.8, 4) is 0 Å². The second-order valence-corrected chi connectivity index (χ2v) is 6.05. The van der Waals surface area contributed by atoms with Gasteiger partial charge in [0.25, 0.3) is 0 Å². The summed E-state index contributed by atoms with van der Waals surface area (Å²) < 4.78 is 2.93. The molecule has 5 heteroatoms. The summed E-state index contributed by atoms with van der Waals surface area (Å²) in [7, 11) is 0. The molecular weight excluding hydrogens is 354 g/mol. The van der Waals surface area contributed by atoms with E-state index in [4.69, 9.17) is 11.6 Å². The van der Waals surface area contributed by atoms with Crippen molar-refractivity contribution in [1.82, 2.24) is 4.57 Å². The smallest absolute Gasteiger partial charge is 0.336 e. The SMILES string of the molecule is O=C(O)c1cccc2c1ccn2Cc1ccc(Br)cc1Cl. The fourth-order valence-corrected chi connectivity index (χ4v) is 3.11. The minimum Gasteiger partial charge on any atom is -0.478 e. The average Bonchev–Trinajstić information content (AvgIpc) is 2.85. The van der Waals surface area contributed by atoms with Crippen molar-refractivity contribution < 1.29 is 9.90 Å². The molecule has 21 heavy (non-hydrogen) atoms. The Morgan fingerprint density at radius 2 is 2.05 bits per heavy atom. The van der Waals surface area contributed by atoms with Crippen molar-refractivity contribution in [2.75, 3.05) is 0 Å². The standard InChI is InChI=1S/C16H11BrClNO2/c17-11-5-4-10(14(18)8-11)9-19-7-6-12-13(16(20)21)2-1-3-15(12)19/h1-8H,9H2,(H,20,21). The van der Waals surface area contributed by atoms with Crippen LogP contribution in [0.15, 0.2) is 53.1 Å². The van der Waals surface area contributed by atoms with Crippen LogP contribution in [-0.4, -0.2) is 15.6 Å². The zero-order valence-corrected chi connectivity index (χ0v) is 13.2. The molecule has 0 saturated carbocycles. The number of carbonyl (C=O) groups is 1. The first-order valence-corrected chi connectivity index (χ1v) is 7.48. The molecule has 1 aromatic heterocycles. The summed E-state index contributed by atoms with van der Waals surface area (Å²) in [5, 5.41) is 10.6. The summed E-state index contributed by atoms with van der Waals surface area (Å²) >= 11 is 9.62. The number of rotatable bonds is 3. The fourth-order valence-electron chi connectivity index (χ4n) is 2.38. The van der Waals surface area contributed by atoms with Crippen molar-refractivity contribution in [3.63, 3.8) is 0 Å². The van der Waals surface area contributed by atoms with Gasteiger partial charge in [0.2, 0.25) is 0 Å². The van der Waals surface area contributed by atoms with Crippen LogP contribution in [0.1, 0.15) is 15.9 Å². The van der Waals surface area contributed by atoms with Gasteiger partial charge in [0, 0.05) is 33.1 Å². The van der Waals surface area contributed by atoms with Gasteiger partial charge in [-0.1, -0.05) is 39.7 Å². The van der Waals surface area contributed by atoms with Crippen molar-refractivity contribution >= 4 is 44.4 Å². The molecule has 2 aromatic carbocycles. The summed E-state index contributed by atoms with van der Waals surface area (Å²) in [5.74, 6) is -0.917. The van der Waals surface area contributed by atoms with E-state index in [1.54, 1.807) is 12.1 Å². The number of aromatic nitrogens is 1. The van der Waals surface area contributed by atoms with Gasteiger partial charge in [0.05, 0.1) is 5.56 Å². The maximum Gasteiger partial charge on any atom is 0.336 e. The van der Waals surface area contributed by atoms with Crippen LogP contribution < -0.4 is 0 Å². The highest BCUT2D eigenvalue weighted by molar-refractivity contribution is 9.10. The number of carboxylic acids is 1. The Balaban J connectivity index is 2.06. The third kappa shape index (κ3) is 2.69. The van der Waals surface area contributed by atoms with Crippen LogP contribution in [0.3, 0.4) is 0 Å². The highest BCUT2D eigenvalue weighted by Gasteiger charge is 2.11. The number of fused-ring (bicyclic) bond motifs is 1. The van der Waals surface area contributed by atoms with Gasteiger partial charge in [-0.2, -0.15) is 0 Å². The molecule has 0 unspecified atom stereocenters. The molecule has 0 aliphatic heterocycles. The van der Waals surface area contributed by atoms with Gasteiger partial charge in [0.15, 0.2) is 0 Å². The highest BCUT2D eigenvalue weighted by atomic mass is 79.9. The number of carboxylic acid groups (broad SMARTS) is 1. The normalized spacial score (nSPS) is 11.0. The van der Waals surface area contributed by atoms with Gasteiger partial charge in [-0.25, -0.2) is 4.79 Å². The Kier molecular flexibility index (Phi) is 3.74. The number of halogens is 2. The van der Waals surface area contributed by atoms with E-state index in [0.29, 0.717) is 17.1 Å². The third-order valence-corrected chi connectivity index (χ3v) is 4.24. The van der Waals surface area contributed by atoms with Gasteiger partial charge >= 0.3 is 5.97 Å².